The second-order valence-electron chi connectivity index (χ2n) is 6.04. The summed E-state index contributed by atoms with van der Waals surface area (Å²) in [5.74, 6) is 0.792. The molecule has 0 saturated heterocycles. The van der Waals surface area contributed by atoms with Gasteiger partial charge in [0.25, 0.3) is 11.5 Å². The Balaban J connectivity index is 1.74. The Morgan fingerprint density at radius 3 is 2.82 bits per heavy atom. The lowest BCUT2D eigenvalue weighted by molar-refractivity contribution is -0.121. The maximum atomic E-state index is 12.6. The van der Waals surface area contributed by atoms with Crippen LogP contribution in [0.1, 0.15) is 16.0 Å². The zero-order valence-corrected chi connectivity index (χ0v) is 16.8. The number of aryl methyl sites for hydroxylation is 2. The van der Waals surface area contributed by atoms with Crippen LogP contribution in [0.3, 0.4) is 0 Å². The number of fused-ring (bicyclic) bond motifs is 1. The molecule has 0 radical (unpaired) electrons. The molecule has 2 heterocycles. The molecule has 9 heteroatoms. The van der Waals surface area contributed by atoms with Crippen LogP contribution < -0.4 is 20.5 Å². The highest BCUT2D eigenvalue weighted by atomic mass is 32.1. The molecule has 0 fully saturated rings. The molecule has 0 aliphatic heterocycles. The number of nitrogens with one attached hydrogen (secondary N) is 1. The van der Waals surface area contributed by atoms with Gasteiger partial charge in [-0.15, -0.1) is 11.3 Å². The Morgan fingerprint density at radius 1 is 1.32 bits per heavy atom. The van der Waals surface area contributed by atoms with Gasteiger partial charge in [0.15, 0.2) is 0 Å². The molecule has 146 valence electrons. The number of hydrogen-bond acceptors (Lipinski definition) is 7. The number of aromatic nitrogens is 2. The SMILES string of the molecule is COc1ccc(OC)c(/C=N/NC(=O)Cn2cnc3sc(C)c(C)c3c2=O)c1. The molecule has 3 aromatic rings. The summed E-state index contributed by atoms with van der Waals surface area (Å²) >= 11 is 1.47. The van der Waals surface area contributed by atoms with Crippen LogP contribution >= 0.6 is 11.3 Å². The van der Waals surface area contributed by atoms with Crippen molar-refractivity contribution >= 4 is 33.7 Å². The summed E-state index contributed by atoms with van der Waals surface area (Å²) in [6.07, 6.45) is 2.84. The highest BCUT2D eigenvalue weighted by Gasteiger charge is 2.13. The Labute approximate surface area is 165 Å². The van der Waals surface area contributed by atoms with Gasteiger partial charge in [0.1, 0.15) is 22.9 Å². The molecular weight excluding hydrogens is 380 g/mol. The van der Waals surface area contributed by atoms with Crippen LogP contribution in [0.2, 0.25) is 0 Å². The van der Waals surface area contributed by atoms with Gasteiger partial charge < -0.3 is 9.47 Å². The summed E-state index contributed by atoms with van der Waals surface area (Å²) in [6, 6.07) is 5.24. The molecule has 2 aromatic heterocycles. The van der Waals surface area contributed by atoms with Crippen molar-refractivity contribution in [2.75, 3.05) is 14.2 Å². The Bertz CT molecular complexity index is 1120. The van der Waals surface area contributed by atoms with Gasteiger partial charge in [-0.05, 0) is 37.6 Å². The number of carbonyl (C=O) groups excluding carboxylic acids is 1. The maximum Gasteiger partial charge on any atom is 0.262 e. The third kappa shape index (κ3) is 3.89. The number of methoxy groups -OCH3 is 2. The lowest BCUT2D eigenvalue weighted by Crippen LogP contribution is -2.30. The third-order valence-electron chi connectivity index (χ3n) is 4.30. The number of thiophene rings is 1. The van der Waals surface area contributed by atoms with Crippen molar-refractivity contribution in [2.24, 2.45) is 5.10 Å². The molecule has 1 aromatic carbocycles. The number of rotatable bonds is 6. The number of benzene rings is 1. The zero-order chi connectivity index (χ0) is 20.3. The van der Waals surface area contributed by atoms with Gasteiger partial charge in [-0.2, -0.15) is 5.10 Å². The van der Waals surface area contributed by atoms with Crippen LogP contribution in [0.15, 0.2) is 34.4 Å². The van der Waals surface area contributed by atoms with Gasteiger partial charge in [-0.25, -0.2) is 10.4 Å². The number of nitrogens with zero attached hydrogens (tertiary/aromatic N) is 3. The van der Waals surface area contributed by atoms with Crippen molar-refractivity contribution < 1.29 is 14.3 Å². The quantitative estimate of drug-likeness (QED) is 0.506. The first kappa shape index (κ1) is 19.6. The monoisotopic (exact) mass is 400 g/mol. The minimum absolute atomic E-state index is 0.178. The van der Waals surface area contributed by atoms with Crippen molar-refractivity contribution in [1.29, 1.82) is 0 Å². The number of carbonyl (C=O) groups is 1. The highest BCUT2D eigenvalue weighted by molar-refractivity contribution is 7.18. The number of amides is 1. The van der Waals surface area contributed by atoms with Crippen LogP contribution in [0.5, 0.6) is 11.5 Å². The van der Waals surface area contributed by atoms with E-state index in [1.54, 1.807) is 32.4 Å². The molecule has 1 N–H and O–H groups in total. The summed E-state index contributed by atoms with van der Waals surface area (Å²) in [5.41, 5.74) is 3.72. The van der Waals surface area contributed by atoms with E-state index in [1.165, 1.54) is 28.4 Å². The fourth-order valence-electron chi connectivity index (χ4n) is 2.69. The largest absolute Gasteiger partial charge is 0.497 e. The van der Waals surface area contributed by atoms with E-state index in [1.807, 2.05) is 13.8 Å². The summed E-state index contributed by atoms with van der Waals surface area (Å²) in [5, 5.41) is 4.50. The Morgan fingerprint density at radius 2 is 2.11 bits per heavy atom. The standard InChI is InChI=1S/C19H20N4O4S/c1-11-12(2)28-18-17(11)19(25)23(10-20-18)9-16(24)22-21-8-13-7-14(26-3)5-6-15(13)27-4/h5-8,10H,9H2,1-4H3,(H,22,24)/b21-8+. The fourth-order valence-corrected chi connectivity index (χ4v) is 3.67. The molecule has 0 aliphatic carbocycles. The molecule has 0 aliphatic rings. The van der Waals surface area contributed by atoms with E-state index >= 15 is 0 Å². The molecule has 28 heavy (non-hydrogen) atoms. The van der Waals surface area contributed by atoms with E-state index in [-0.39, 0.29) is 12.1 Å². The van der Waals surface area contributed by atoms with Crippen molar-refractivity contribution in [1.82, 2.24) is 15.0 Å². The number of hydrazone groups is 1. The molecule has 0 unspecified atom stereocenters. The van der Waals surface area contributed by atoms with Gasteiger partial charge >= 0.3 is 0 Å². The molecule has 0 atom stereocenters. The Hall–Kier alpha value is -3.20. The van der Waals surface area contributed by atoms with E-state index in [2.05, 4.69) is 15.5 Å². The van der Waals surface area contributed by atoms with Gasteiger partial charge in [0.2, 0.25) is 0 Å². The minimum Gasteiger partial charge on any atom is -0.497 e. The van der Waals surface area contributed by atoms with E-state index in [0.717, 1.165) is 10.4 Å². The predicted molar refractivity (Wildman–Crippen MR) is 109 cm³/mol. The first-order valence-electron chi connectivity index (χ1n) is 8.43. The molecule has 8 nitrogen and oxygen atoms in total. The summed E-state index contributed by atoms with van der Waals surface area (Å²) < 4.78 is 11.7. The molecule has 3 rings (SSSR count). The normalized spacial score (nSPS) is 11.1. The lowest BCUT2D eigenvalue weighted by atomic mass is 10.2. The minimum atomic E-state index is -0.439. The van der Waals surface area contributed by atoms with Crippen molar-refractivity contribution in [3.05, 3.63) is 50.9 Å². The third-order valence-corrected chi connectivity index (χ3v) is 5.41. The Kier molecular flexibility index (Phi) is 5.74. The predicted octanol–water partition coefficient (Wildman–Crippen LogP) is 2.24. The summed E-state index contributed by atoms with van der Waals surface area (Å²) in [4.78, 5) is 30.8. The average Bonchev–Trinajstić information content (AvgIpc) is 2.98. The van der Waals surface area contributed by atoms with Crippen LogP contribution in [0.25, 0.3) is 10.2 Å². The molecule has 0 spiro atoms. The molecular formula is C19H20N4O4S. The van der Waals surface area contributed by atoms with Crippen molar-refractivity contribution in [3.63, 3.8) is 0 Å². The number of ether oxygens (including phenoxy) is 2. The van der Waals surface area contributed by atoms with Gasteiger partial charge in [0, 0.05) is 10.4 Å². The average molecular weight is 400 g/mol. The number of hydrogen-bond donors (Lipinski definition) is 1. The van der Waals surface area contributed by atoms with Gasteiger partial charge in [-0.1, -0.05) is 0 Å². The van der Waals surface area contributed by atoms with Crippen LogP contribution in [-0.4, -0.2) is 35.9 Å². The first-order valence-corrected chi connectivity index (χ1v) is 9.25. The smallest absolute Gasteiger partial charge is 0.262 e. The molecule has 1 amide bonds. The first-order chi connectivity index (χ1) is 13.4. The van der Waals surface area contributed by atoms with E-state index < -0.39 is 5.91 Å². The second-order valence-corrected chi connectivity index (χ2v) is 7.25. The van der Waals surface area contributed by atoms with Crippen LogP contribution in [0, 0.1) is 13.8 Å². The van der Waals surface area contributed by atoms with Crippen molar-refractivity contribution in [3.8, 4) is 11.5 Å². The highest BCUT2D eigenvalue weighted by Crippen LogP contribution is 2.25. The van der Waals surface area contributed by atoms with Crippen molar-refractivity contribution in [2.45, 2.75) is 20.4 Å². The van der Waals surface area contributed by atoms with E-state index in [9.17, 15) is 9.59 Å². The van der Waals surface area contributed by atoms with Gasteiger partial charge in [0.05, 0.1) is 32.1 Å². The topological polar surface area (TPSA) is 94.8 Å². The zero-order valence-electron chi connectivity index (χ0n) is 16.0. The second kappa shape index (κ2) is 8.22. The van der Waals surface area contributed by atoms with E-state index in [0.29, 0.717) is 27.3 Å². The summed E-state index contributed by atoms with van der Waals surface area (Å²) in [6.45, 7) is 3.65. The maximum absolute atomic E-state index is 12.6. The van der Waals surface area contributed by atoms with Gasteiger partial charge in [-0.3, -0.25) is 14.2 Å². The van der Waals surface area contributed by atoms with E-state index in [4.69, 9.17) is 9.47 Å². The lowest BCUT2D eigenvalue weighted by Gasteiger charge is -2.07. The molecule has 0 bridgehead atoms. The molecule has 0 saturated carbocycles. The van der Waals surface area contributed by atoms with Crippen LogP contribution in [-0.2, 0) is 11.3 Å². The van der Waals surface area contributed by atoms with Crippen LogP contribution in [0.4, 0.5) is 0 Å². The summed E-state index contributed by atoms with van der Waals surface area (Å²) in [7, 11) is 3.10. The fraction of sp³-hybridized carbons (Fsp3) is 0.263.